The van der Waals surface area contributed by atoms with Crippen LogP contribution in [-0.2, 0) is 9.59 Å². The Morgan fingerprint density at radius 2 is 1.81 bits per heavy atom. The third-order valence-electron chi connectivity index (χ3n) is 4.14. The lowest BCUT2D eigenvalue weighted by atomic mass is 9.99. The molecule has 1 aromatic carbocycles. The first-order valence-corrected chi connectivity index (χ1v) is 10.5. The molecule has 1 saturated carbocycles. The van der Waals surface area contributed by atoms with Crippen molar-refractivity contribution in [2.75, 3.05) is 5.32 Å². The minimum Gasteiger partial charge on any atom is -0.325 e. The molecule has 27 heavy (non-hydrogen) atoms. The lowest BCUT2D eigenvalue weighted by molar-refractivity contribution is -0.122. The molecule has 0 radical (unpaired) electrons. The number of amidine groups is 1. The Kier molecular flexibility index (Phi) is 7.03. The number of amides is 2. The lowest BCUT2D eigenvalue weighted by Crippen LogP contribution is -2.28. The number of carbonyl (C=O) groups is 2. The molecule has 1 aliphatic heterocycles. The number of hydrogen-bond donors (Lipinski definition) is 2. The first kappa shape index (κ1) is 20.5. The Bertz CT molecular complexity index is 821. The van der Waals surface area contributed by atoms with Crippen molar-refractivity contribution in [3.05, 3.63) is 27.2 Å². The van der Waals surface area contributed by atoms with Crippen LogP contribution in [0.1, 0.15) is 38.5 Å². The van der Waals surface area contributed by atoms with E-state index in [1.807, 2.05) is 0 Å². The molecule has 0 bridgehead atoms. The van der Waals surface area contributed by atoms with Gasteiger partial charge in [0, 0.05) is 12.1 Å². The summed E-state index contributed by atoms with van der Waals surface area (Å²) in [7, 11) is 0. The summed E-state index contributed by atoms with van der Waals surface area (Å²) in [5, 5.41) is 14.4. The highest BCUT2D eigenvalue weighted by atomic mass is 35.5. The average Bonchev–Trinajstić information content (AvgIpc) is 2.98. The lowest BCUT2D eigenvalue weighted by Gasteiger charge is -2.10. The number of halogens is 3. The summed E-state index contributed by atoms with van der Waals surface area (Å²) in [6, 6.07) is 2.92. The summed E-state index contributed by atoms with van der Waals surface area (Å²) in [5.74, 6) is -0.624. The number of rotatable bonds is 4. The predicted molar refractivity (Wildman–Crippen MR) is 112 cm³/mol. The highest BCUT2D eigenvalue weighted by Gasteiger charge is 2.32. The van der Waals surface area contributed by atoms with Crippen LogP contribution in [0, 0.1) is 0 Å². The van der Waals surface area contributed by atoms with Gasteiger partial charge in [-0.3, -0.25) is 9.59 Å². The van der Waals surface area contributed by atoms with E-state index in [1.54, 1.807) is 0 Å². The van der Waals surface area contributed by atoms with E-state index in [2.05, 4.69) is 20.8 Å². The maximum atomic E-state index is 12.3. The van der Waals surface area contributed by atoms with Crippen molar-refractivity contribution in [3.8, 4) is 0 Å². The smallest absolute Gasteiger partial charge is 0.240 e. The molecule has 144 valence electrons. The number of anilines is 1. The summed E-state index contributed by atoms with van der Waals surface area (Å²) < 4.78 is 0. The SMILES string of the molecule is O=C(CC1S/C(=N\N=C2CCCCC2)NC1=O)Nc1cc(Cl)c(Cl)cc1Cl. The number of thioether (sulfide) groups is 1. The predicted octanol–water partition coefficient (Wildman–Crippen LogP) is 4.88. The topological polar surface area (TPSA) is 82.9 Å². The summed E-state index contributed by atoms with van der Waals surface area (Å²) >= 11 is 19.1. The Hall–Kier alpha value is -1.28. The number of benzene rings is 1. The normalized spacial score (nSPS) is 21.3. The Balaban J connectivity index is 1.58. The molecule has 2 N–H and O–H groups in total. The summed E-state index contributed by atoms with van der Waals surface area (Å²) in [6.45, 7) is 0. The van der Waals surface area contributed by atoms with Crippen molar-refractivity contribution < 1.29 is 9.59 Å². The van der Waals surface area contributed by atoms with E-state index in [-0.39, 0.29) is 28.3 Å². The van der Waals surface area contributed by atoms with Crippen LogP contribution in [0.3, 0.4) is 0 Å². The van der Waals surface area contributed by atoms with Crippen LogP contribution in [-0.4, -0.2) is 27.9 Å². The van der Waals surface area contributed by atoms with Crippen LogP contribution in [0.15, 0.2) is 22.3 Å². The molecule has 3 rings (SSSR count). The van der Waals surface area contributed by atoms with Crippen LogP contribution in [0.2, 0.25) is 15.1 Å². The van der Waals surface area contributed by atoms with Crippen LogP contribution in [0.5, 0.6) is 0 Å². The van der Waals surface area contributed by atoms with Crippen molar-refractivity contribution in [3.63, 3.8) is 0 Å². The second-order valence-electron chi connectivity index (χ2n) is 6.23. The maximum Gasteiger partial charge on any atom is 0.240 e. The fourth-order valence-corrected chi connectivity index (χ4v) is 4.26. The number of nitrogens with zero attached hydrogens (tertiary/aromatic N) is 2. The molecule has 2 aliphatic rings. The standard InChI is InChI=1S/C17H17Cl3N4O2S/c18-10-6-12(20)13(7-11(10)19)21-15(25)8-14-16(26)22-17(27-14)24-23-9-4-2-1-3-5-9/h6-7,14H,1-5,8H2,(H,21,25)(H,22,24,26). The fraction of sp³-hybridized carbons (Fsp3) is 0.412. The number of nitrogens with one attached hydrogen (secondary N) is 2. The monoisotopic (exact) mass is 446 g/mol. The van der Waals surface area contributed by atoms with Crippen LogP contribution >= 0.6 is 46.6 Å². The Labute approximate surface area is 176 Å². The van der Waals surface area contributed by atoms with E-state index in [0.717, 1.165) is 31.4 Å². The van der Waals surface area contributed by atoms with Gasteiger partial charge in [0.2, 0.25) is 11.8 Å². The van der Waals surface area contributed by atoms with Gasteiger partial charge in [-0.25, -0.2) is 0 Å². The zero-order chi connectivity index (χ0) is 19.4. The number of hydrogen-bond acceptors (Lipinski definition) is 5. The van der Waals surface area contributed by atoms with Crippen molar-refractivity contribution in [1.82, 2.24) is 5.32 Å². The van der Waals surface area contributed by atoms with Gasteiger partial charge in [0.1, 0.15) is 5.25 Å². The van der Waals surface area contributed by atoms with Gasteiger partial charge in [0.05, 0.1) is 20.8 Å². The zero-order valence-electron chi connectivity index (χ0n) is 14.2. The van der Waals surface area contributed by atoms with Crippen molar-refractivity contribution in [1.29, 1.82) is 0 Å². The van der Waals surface area contributed by atoms with Gasteiger partial charge in [0.25, 0.3) is 0 Å². The van der Waals surface area contributed by atoms with E-state index in [1.165, 1.54) is 30.3 Å². The first-order chi connectivity index (χ1) is 12.9. The van der Waals surface area contributed by atoms with E-state index in [9.17, 15) is 9.59 Å². The molecular formula is C17H17Cl3N4O2S. The van der Waals surface area contributed by atoms with Crippen molar-refractivity contribution in [2.24, 2.45) is 10.2 Å². The molecule has 10 heteroatoms. The van der Waals surface area contributed by atoms with Gasteiger partial charge in [0.15, 0.2) is 5.17 Å². The summed E-state index contributed by atoms with van der Waals surface area (Å²) in [4.78, 5) is 24.4. The molecule has 1 saturated heterocycles. The molecule has 1 heterocycles. The van der Waals surface area contributed by atoms with E-state index < -0.39 is 5.25 Å². The fourth-order valence-electron chi connectivity index (χ4n) is 2.75. The van der Waals surface area contributed by atoms with Gasteiger partial charge < -0.3 is 10.6 Å². The Morgan fingerprint density at radius 1 is 1.11 bits per heavy atom. The van der Waals surface area contributed by atoms with Crippen LogP contribution in [0.25, 0.3) is 0 Å². The average molecular weight is 448 g/mol. The van der Waals surface area contributed by atoms with Crippen molar-refractivity contribution >= 4 is 74.9 Å². The second kappa shape index (κ2) is 9.28. The highest BCUT2D eigenvalue weighted by Crippen LogP contribution is 2.32. The van der Waals surface area contributed by atoms with Gasteiger partial charge in [-0.1, -0.05) is 53.0 Å². The highest BCUT2D eigenvalue weighted by molar-refractivity contribution is 8.15. The number of carbonyl (C=O) groups excluding carboxylic acids is 2. The molecule has 2 amide bonds. The Morgan fingerprint density at radius 3 is 2.56 bits per heavy atom. The molecule has 1 unspecified atom stereocenters. The molecule has 6 nitrogen and oxygen atoms in total. The quantitative estimate of drug-likeness (QED) is 0.509. The molecule has 2 fully saturated rings. The largest absolute Gasteiger partial charge is 0.325 e. The van der Waals surface area contributed by atoms with Gasteiger partial charge >= 0.3 is 0 Å². The minimum absolute atomic E-state index is 0.0251. The van der Waals surface area contributed by atoms with Crippen LogP contribution in [0.4, 0.5) is 5.69 Å². The molecule has 0 spiro atoms. The third kappa shape index (κ3) is 5.60. The minimum atomic E-state index is -0.572. The summed E-state index contributed by atoms with van der Waals surface area (Å²) in [5.41, 5.74) is 1.40. The molecule has 1 atom stereocenters. The zero-order valence-corrected chi connectivity index (χ0v) is 17.3. The van der Waals surface area contributed by atoms with Crippen LogP contribution < -0.4 is 10.6 Å². The first-order valence-electron chi connectivity index (χ1n) is 8.47. The summed E-state index contributed by atoms with van der Waals surface area (Å²) in [6.07, 6.45) is 5.35. The van der Waals surface area contributed by atoms with E-state index in [4.69, 9.17) is 34.8 Å². The molecular weight excluding hydrogens is 431 g/mol. The van der Waals surface area contributed by atoms with Gasteiger partial charge in [-0.2, -0.15) is 5.10 Å². The van der Waals surface area contributed by atoms with E-state index >= 15 is 0 Å². The molecule has 0 aromatic heterocycles. The van der Waals surface area contributed by atoms with E-state index in [0.29, 0.717) is 15.9 Å². The maximum absolute atomic E-state index is 12.3. The third-order valence-corrected chi connectivity index (χ3v) is 6.25. The van der Waals surface area contributed by atoms with Crippen molar-refractivity contribution in [2.45, 2.75) is 43.8 Å². The molecule has 1 aliphatic carbocycles. The van der Waals surface area contributed by atoms with Gasteiger partial charge in [-0.05, 0) is 37.8 Å². The van der Waals surface area contributed by atoms with Gasteiger partial charge in [-0.15, -0.1) is 5.10 Å². The molecule has 1 aromatic rings. The second-order valence-corrected chi connectivity index (χ2v) is 8.64.